The van der Waals surface area contributed by atoms with Gasteiger partial charge >= 0.3 is 0 Å². The van der Waals surface area contributed by atoms with Crippen molar-refractivity contribution in [2.75, 3.05) is 13.2 Å². The van der Waals surface area contributed by atoms with Crippen LogP contribution in [0.15, 0.2) is 116 Å². The lowest BCUT2D eigenvalue weighted by Gasteiger charge is -2.21. The van der Waals surface area contributed by atoms with Gasteiger partial charge in [0.25, 0.3) is 22.2 Å². The lowest BCUT2D eigenvalue weighted by Crippen LogP contribution is -2.31. The third kappa shape index (κ3) is 4.27. The number of hydrogen-bond acceptors (Lipinski definition) is 8. The van der Waals surface area contributed by atoms with E-state index < -0.39 is 27.7 Å². The summed E-state index contributed by atoms with van der Waals surface area (Å²) in [5.74, 6) is 4.03. The number of hydrogen-bond donors (Lipinski definition) is 0. The standard InChI is InChI=1S/C39H26N2O8/c1-21-3-7-23(8-4-21)48-25-11-13-33-31(15-25)39(19-46-33)20-47-34-14-12-26(16-32(34)39)49-24-9-5-22(6-10-24)41-37(44)29-17-27-28(18-30(29)38(41)45)36(43)40(2)35(27)42/h3-18H,19-20H2,1-2H3. The molecule has 9 rings (SSSR count). The molecule has 5 aromatic carbocycles. The molecule has 2 aromatic heterocycles. The highest BCUT2D eigenvalue weighted by atomic mass is 16.5. The minimum Gasteiger partial charge on any atom is -0.492 e. The fourth-order valence-electron chi connectivity index (χ4n) is 6.91. The van der Waals surface area contributed by atoms with Crippen LogP contribution in [-0.4, -0.2) is 22.3 Å². The zero-order valence-corrected chi connectivity index (χ0v) is 26.3. The van der Waals surface area contributed by atoms with Crippen molar-refractivity contribution < 1.29 is 18.9 Å². The van der Waals surface area contributed by atoms with E-state index in [4.69, 9.17) is 18.9 Å². The predicted molar refractivity (Wildman–Crippen MR) is 183 cm³/mol. The molecule has 0 aliphatic carbocycles. The smallest absolute Gasteiger partial charge is 0.266 e. The summed E-state index contributed by atoms with van der Waals surface area (Å²) in [6, 6.07) is 28.6. The van der Waals surface area contributed by atoms with Crippen LogP contribution < -0.4 is 41.2 Å². The van der Waals surface area contributed by atoms with E-state index in [1.165, 1.54) is 19.2 Å². The Bertz CT molecular complexity index is 2630. The Morgan fingerprint density at radius 2 is 0.980 bits per heavy atom. The highest BCUT2D eigenvalue weighted by Crippen LogP contribution is 2.52. The highest BCUT2D eigenvalue weighted by molar-refractivity contribution is 5.98. The summed E-state index contributed by atoms with van der Waals surface area (Å²) >= 11 is 0. The molecule has 0 amide bonds. The van der Waals surface area contributed by atoms with Crippen LogP contribution in [0.25, 0.3) is 27.2 Å². The van der Waals surface area contributed by atoms with Crippen LogP contribution >= 0.6 is 0 Å². The second-order valence-corrected chi connectivity index (χ2v) is 12.5. The van der Waals surface area contributed by atoms with Gasteiger partial charge in [-0.15, -0.1) is 0 Å². The monoisotopic (exact) mass is 650 g/mol. The van der Waals surface area contributed by atoms with Crippen LogP contribution in [0, 0.1) is 6.92 Å². The summed E-state index contributed by atoms with van der Waals surface area (Å²) in [5.41, 5.74) is 0.707. The fourth-order valence-corrected chi connectivity index (χ4v) is 6.91. The molecule has 0 N–H and O–H groups in total. The molecule has 10 heteroatoms. The van der Waals surface area contributed by atoms with Crippen LogP contribution in [0.1, 0.15) is 16.7 Å². The number of rotatable bonds is 5. The number of nitrogens with zero attached hydrogens (tertiary/aromatic N) is 2. The topological polar surface area (TPSA) is 115 Å². The van der Waals surface area contributed by atoms with Crippen molar-refractivity contribution in [3.8, 4) is 40.2 Å². The summed E-state index contributed by atoms with van der Waals surface area (Å²) in [4.78, 5) is 51.6. The van der Waals surface area contributed by atoms with Gasteiger partial charge in [-0.2, -0.15) is 0 Å². The first-order valence-electron chi connectivity index (χ1n) is 15.7. The first-order valence-corrected chi connectivity index (χ1v) is 15.7. The van der Waals surface area contributed by atoms with E-state index in [2.05, 4.69) is 0 Å². The van der Waals surface area contributed by atoms with E-state index in [-0.39, 0.29) is 21.5 Å². The van der Waals surface area contributed by atoms with Gasteiger partial charge in [-0.25, -0.2) is 4.57 Å². The van der Waals surface area contributed by atoms with Crippen molar-refractivity contribution in [1.29, 1.82) is 0 Å². The number of aryl methyl sites for hydroxylation is 1. The van der Waals surface area contributed by atoms with Crippen LogP contribution in [0.5, 0.6) is 34.5 Å². The lowest BCUT2D eigenvalue weighted by atomic mass is 9.78. The third-order valence-electron chi connectivity index (χ3n) is 9.56. The lowest BCUT2D eigenvalue weighted by molar-refractivity contribution is 0.238. The second kappa shape index (κ2) is 10.3. The molecule has 0 saturated carbocycles. The molecule has 10 nitrogen and oxygen atoms in total. The first-order chi connectivity index (χ1) is 23.7. The van der Waals surface area contributed by atoms with E-state index in [1.54, 1.807) is 24.3 Å². The normalized spacial score (nSPS) is 16.1. The van der Waals surface area contributed by atoms with Crippen molar-refractivity contribution in [3.05, 3.63) is 155 Å². The van der Waals surface area contributed by atoms with Crippen LogP contribution in [0.4, 0.5) is 0 Å². The Labute approximate surface area is 277 Å². The van der Waals surface area contributed by atoms with Gasteiger partial charge in [0.1, 0.15) is 47.7 Å². The number of benzene rings is 5. The van der Waals surface area contributed by atoms with Gasteiger partial charge in [0.15, 0.2) is 0 Å². The minimum atomic E-state index is -0.568. The van der Waals surface area contributed by atoms with E-state index in [0.717, 1.165) is 43.1 Å². The summed E-state index contributed by atoms with van der Waals surface area (Å²) in [7, 11) is 1.37. The maximum Gasteiger partial charge on any atom is 0.266 e. The zero-order valence-electron chi connectivity index (χ0n) is 26.3. The van der Waals surface area contributed by atoms with Gasteiger partial charge in [-0.3, -0.25) is 23.7 Å². The van der Waals surface area contributed by atoms with E-state index in [0.29, 0.717) is 36.1 Å². The summed E-state index contributed by atoms with van der Waals surface area (Å²) in [6.07, 6.45) is 0. The van der Waals surface area contributed by atoms with Crippen molar-refractivity contribution in [3.63, 3.8) is 0 Å². The molecule has 0 radical (unpaired) electrons. The Kier molecular flexibility index (Phi) is 6.04. The highest BCUT2D eigenvalue weighted by Gasteiger charge is 2.49. The Balaban J connectivity index is 1.01. The van der Waals surface area contributed by atoms with Gasteiger partial charge in [0.05, 0.1) is 32.6 Å². The summed E-state index contributed by atoms with van der Waals surface area (Å²) < 4.78 is 26.7. The van der Waals surface area contributed by atoms with Crippen LogP contribution in [0.3, 0.4) is 0 Å². The molecule has 7 aromatic rings. The molecule has 2 aliphatic heterocycles. The van der Waals surface area contributed by atoms with Crippen LogP contribution in [0.2, 0.25) is 0 Å². The van der Waals surface area contributed by atoms with Gasteiger partial charge < -0.3 is 18.9 Å². The molecular weight excluding hydrogens is 624 g/mol. The molecule has 2 aliphatic rings. The average Bonchev–Trinajstić information content (AvgIpc) is 3.80. The van der Waals surface area contributed by atoms with Crippen molar-refractivity contribution in [2.45, 2.75) is 12.3 Å². The first kappa shape index (κ1) is 28.8. The van der Waals surface area contributed by atoms with E-state index in [1.807, 2.05) is 67.6 Å². The molecule has 0 bridgehead atoms. The number of aromatic nitrogens is 2. The van der Waals surface area contributed by atoms with Gasteiger partial charge in [0, 0.05) is 18.2 Å². The maximum atomic E-state index is 13.3. The SMILES string of the molecule is Cc1ccc(Oc2ccc3c(c2)C2(CO3)COc3ccc(Oc4ccc(-n5c(=O)c6cc7c(=O)n(C)c(=O)c7cc6c5=O)cc4)cc32)cc1. The fraction of sp³-hybridized carbons (Fsp3) is 0.128. The van der Waals surface area contributed by atoms with E-state index in [9.17, 15) is 19.2 Å². The second-order valence-electron chi connectivity index (χ2n) is 12.5. The van der Waals surface area contributed by atoms with Gasteiger partial charge in [-0.05, 0) is 91.9 Å². The third-order valence-corrected chi connectivity index (χ3v) is 9.56. The Morgan fingerprint density at radius 1 is 0.551 bits per heavy atom. The van der Waals surface area contributed by atoms with Gasteiger partial charge in [0.2, 0.25) is 0 Å². The van der Waals surface area contributed by atoms with Gasteiger partial charge in [-0.1, -0.05) is 17.7 Å². The molecule has 4 heterocycles. The van der Waals surface area contributed by atoms with Crippen molar-refractivity contribution in [2.24, 2.45) is 7.05 Å². The molecule has 1 atom stereocenters. The average molecular weight is 651 g/mol. The van der Waals surface area contributed by atoms with Crippen molar-refractivity contribution in [1.82, 2.24) is 9.13 Å². The van der Waals surface area contributed by atoms with Crippen LogP contribution in [-0.2, 0) is 12.5 Å². The summed E-state index contributed by atoms with van der Waals surface area (Å²) in [5, 5.41) is 0.397. The molecule has 240 valence electrons. The number of fused-ring (bicyclic) bond motifs is 6. The Morgan fingerprint density at radius 3 is 1.47 bits per heavy atom. The number of ether oxygens (including phenoxy) is 4. The molecule has 0 saturated heterocycles. The molecule has 49 heavy (non-hydrogen) atoms. The molecule has 1 spiro atoms. The van der Waals surface area contributed by atoms with E-state index >= 15 is 0 Å². The predicted octanol–water partition coefficient (Wildman–Crippen LogP) is 5.40. The Hall–Kier alpha value is -6.42. The molecule has 1 unspecified atom stereocenters. The maximum absolute atomic E-state index is 13.3. The quantitative estimate of drug-likeness (QED) is 0.243. The van der Waals surface area contributed by atoms with Crippen molar-refractivity contribution >= 4 is 21.5 Å². The largest absolute Gasteiger partial charge is 0.492 e. The molecule has 0 fully saturated rings. The zero-order chi connectivity index (χ0) is 33.6. The summed E-state index contributed by atoms with van der Waals surface area (Å²) in [6.45, 7) is 2.84. The minimum absolute atomic E-state index is 0.0844. The molecular formula is C39H26N2O8.